The van der Waals surface area contributed by atoms with Crippen LogP contribution in [0.1, 0.15) is 33.9 Å². The van der Waals surface area contributed by atoms with Crippen LogP contribution in [0.2, 0.25) is 0 Å². The molecular weight excluding hydrogens is 268 g/mol. The number of aromatic nitrogens is 2. The zero-order valence-electron chi connectivity index (χ0n) is 12.1. The predicted molar refractivity (Wildman–Crippen MR) is 79.7 cm³/mol. The summed E-state index contributed by atoms with van der Waals surface area (Å²) in [5.74, 6) is 1.04. The highest BCUT2D eigenvalue weighted by atomic mass is 16.5. The number of anilines is 1. The van der Waals surface area contributed by atoms with E-state index in [1.54, 1.807) is 7.11 Å². The van der Waals surface area contributed by atoms with Gasteiger partial charge < -0.3 is 15.8 Å². The van der Waals surface area contributed by atoms with E-state index in [9.17, 15) is 4.79 Å². The number of nitrogens with zero attached hydrogens (tertiary/aromatic N) is 2. The van der Waals surface area contributed by atoms with Crippen LogP contribution in [-0.2, 0) is 0 Å². The highest BCUT2D eigenvalue weighted by Gasteiger charge is 2.28. The molecule has 1 aliphatic rings. The van der Waals surface area contributed by atoms with Crippen molar-refractivity contribution >= 4 is 11.7 Å². The van der Waals surface area contributed by atoms with Crippen molar-refractivity contribution in [1.82, 2.24) is 9.78 Å². The van der Waals surface area contributed by atoms with E-state index in [4.69, 9.17) is 10.5 Å². The van der Waals surface area contributed by atoms with Crippen LogP contribution in [-0.4, -0.2) is 29.3 Å². The Morgan fingerprint density at radius 3 is 3.05 bits per heavy atom. The van der Waals surface area contributed by atoms with Crippen LogP contribution in [0.5, 0.6) is 5.75 Å². The summed E-state index contributed by atoms with van der Waals surface area (Å²) in [7, 11) is 1.66. The number of hydrogen-bond acceptors (Lipinski definition) is 4. The maximum atomic E-state index is 11.5. The van der Waals surface area contributed by atoms with Crippen molar-refractivity contribution in [3.63, 3.8) is 0 Å². The first-order chi connectivity index (χ1) is 10.1. The topological polar surface area (TPSA) is 82.2 Å². The Hall–Kier alpha value is -2.50. The third-order valence-corrected chi connectivity index (χ3v) is 3.81. The third-order valence-electron chi connectivity index (χ3n) is 3.81. The summed E-state index contributed by atoms with van der Waals surface area (Å²) < 4.78 is 7.29. The number of carbonyl (C=O) groups excluding carboxylic acids is 1. The highest BCUT2D eigenvalue weighted by molar-refractivity contribution is 5.97. The molecule has 1 amide bonds. The predicted octanol–water partition coefficient (Wildman–Crippen LogP) is 1.70. The Morgan fingerprint density at radius 1 is 1.52 bits per heavy atom. The molecule has 1 aliphatic heterocycles. The van der Waals surface area contributed by atoms with Crippen LogP contribution >= 0.6 is 0 Å². The monoisotopic (exact) mass is 286 g/mol. The van der Waals surface area contributed by atoms with E-state index in [0.29, 0.717) is 11.4 Å². The fourth-order valence-electron chi connectivity index (χ4n) is 2.81. The van der Waals surface area contributed by atoms with Crippen LogP contribution in [0.3, 0.4) is 0 Å². The largest absolute Gasteiger partial charge is 0.496 e. The molecule has 1 aromatic heterocycles. The molecular formula is C15H18N4O2. The van der Waals surface area contributed by atoms with Crippen LogP contribution in [0.4, 0.5) is 5.82 Å². The molecule has 0 saturated carbocycles. The molecule has 6 heteroatoms. The lowest BCUT2D eigenvalue weighted by molar-refractivity contribution is 0.100. The van der Waals surface area contributed by atoms with E-state index in [0.717, 1.165) is 29.8 Å². The number of fused-ring (bicyclic) bond motifs is 1. The molecule has 0 fully saturated rings. The van der Waals surface area contributed by atoms with Crippen molar-refractivity contribution in [2.24, 2.45) is 5.73 Å². The number of rotatable bonds is 3. The highest BCUT2D eigenvalue weighted by Crippen LogP contribution is 2.36. The number of benzene rings is 1. The smallest absolute Gasteiger partial charge is 0.254 e. The van der Waals surface area contributed by atoms with Crippen LogP contribution in [0, 0.1) is 6.92 Å². The Labute approximate surface area is 122 Å². The Bertz CT molecular complexity index is 693. The molecule has 2 aromatic rings. The lowest BCUT2D eigenvalue weighted by atomic mass is 9.99. The second kappa shape index (κ2) is 5.12. The van der Waals surface area contributed by atoms with Crippen molar-refractivity contribution in [2.75, 3.05) is 19.0 Å². The number of hydrogen-bond donors (Lipinski definition) is 2. The summed E-state index contributed by atoms with van der Waals surface area (Å²) in [5.41, 5.74) is 8.04. The van der Waals surface area contributed by atoms with Crippen molar-refractivity contribution in [3.05, 3.63) is 41.1 Å². The van der Waals surface area contributed by atoms with Crippen molar-refractivity contribution in [3.8, 4) is 5.75 Å². The number of nitrogens with one attached hydrogen (secondary N) is 1. The Morgan fingerprint density at radius 2 is 2.33 bits per heavy atom. The Kier molecular flexibility index (Phi) is 3.29. The van der Waals surface area contributed by atoms with Crippen molar-refractivity contribution < 1.29 is 9.53 Å². The molecule has 0 spiro atoms. The molecule has 3 N–H and O–H groups in total. The van der Waals surface area contributed by atoms with E-state index < -0.39 is 5.91 Å². The number of aryl methyl sites for hydroxylation is 1. The minimum atomic E-state index is -0.472. The van der Waals surface area contributed by atoms with E-state index in [-0.39, 0.29) is 6.04 Å². The zero-order chi connectivity index (χ0) is 15.0. The second-order valence-electron chi connectivity index (χ2n) is 5.19. The molecule has 21 heavy (non-hydrogen) atoms. The van der Waals surface area contributed by atoms with Gasteiger partial charge in [0.05, 0.1) is 19.3 Å². The van der Waals surface area contributed by atoms with E-state index in [1.807, 2.05) is 23.7 Å². The first kappa shape index (κ1) is 13.5. The van der Waals surface area contributed by atoms with Gasteiger partial charge in [-0.25, -0.2) is 4.68 Å². The summed E-state index contributed by atoms with van der Waals surface area (Å²) in [4.78, 5) is 11.5. The number of amides is 1. The van der Waals surface area contributed by atoms with E-state index >= 15 is 0 Å². The SMILES string of the molecule is COc1ccc(C)cc1C1CCNc2c(C(N)=O)cnn21. The number of carbonyl (C=O) groups is 1. The molecule has 0 aliphatic carbocycles. The molecule has 0 saturated heterocycles. The minimum Gasteiger partial charge on any atom is -0.496 e. The standard InChI is InChI=1S/C15H18N4O2/c1-9-3-4-13(21-2)10(7-9)12-5-6-17-15-11(14(16)20)8-18-19(12)15/h3-4,7-8,12,17H,5-6H2,1-2H3,(H2,16,20). The van der Waals surface area contributed by atoms with Gasteiger partial charge in [-0.2, -0.15) is 5.10 Å². The number of methoxy groups -OCH3 is 1. The molecule has 2 heterocycles. The fraction of sp³-hybridized carbons (Fsp3) is 0.333. The average molecular weight is 286 g/mol. The number of primary amides is 1. The summed E-state index contributed by atoms with van der Waals surface area (Å²) in [5, 5.41) is 7.54. The lowest BCUT2D eigenvalue weighted by Crippen LogP contribution is -2.26. The first-order valence-electron chi connectivity index (χ1n) is 6.87. The van der Waals surface area contributed by atoms with Gasteiger partial charge in [0.25, 0.3) is 5.91 Å². The molecule has 1 aromatic carbocycles. The maximum Gasteiger partial charge on any atom is 0.254 e. The van der Waals surface area contributed by atoms with E-state index in [2.05, 4.69) is 16.5 Å². The van der Waals surface area contributed by atoms with Crippen LogP contribution in [0.25, 0.3) is 0 Å². The quantitative estimate of drug-likeness (QED) is 0.899. The molecule has 110 valence electrons. The second-order valence-corrected chi connectivity index (χ2v) is 5.19. The number of nitrogens with two attached hydrogens (primary N) is 1. The van der Waals surface area contributed by atoms with Crippen LogP contribution < -0.4 is 15.8 Å². The molecule has 1 unspecified atom stereocenters. The van der Waals surface area contributed by atoms with Gasteiger partial charge in [0.15, 0.2) is 0 Å². The Balaban J connectivity index is 2.11. The molecule has 0 bridgehead atoms. The van der Waals surface area contributed by atoms with Crippen molar-refractivity contribution in [2.45, 2.75) is 19.4 Å². The maximum absolute atomic E-state index is 11.5. The summed E-state index contributed by atoms with van der Waals surface area (Å²) in [6.07, 6.45) is 2.39. The lowest BCUT2D eigenvalue weighted by Gasteiger charge is -2.27. The molecule has 1 atom stereocenters. The van der Waals surface area contributed by atoms with Crippen molar-refractivity contribution in [1.29, 1.82) is 0 Å². The van der Waals surface area contributed by atoms with Crippen LogP contribution in [0.15, 0.2) is 24.4 Å². The molecule has 0 radical (unpaired) electrons. The zero-order valence-corrected chi connectivity index (χ0v) is 12.1. The molecule has 6 nitrogen and oxygen atoms in total. The summed E-state index contributed by atoms with van der Waals surface area (Å²) in [6, 6.07) is 6.11. The van der Waals surface area contributed by atoms with E-state index in [1.165, 1.54) is 6.20 Å². The average Bonchev–Trinajstić information content (AvgIpc) is 2.91. The van der Waals surface area contributed by atoms with Gasteiger partial charge in [-0.3, -0.25) is 4.79 Å². The molecule has 3 rings (SSSR count). The van der Waals surface area contributed by atoms with Gasteiger partial charge in [0.1, 0.15) is 17.1 Å². The number of ether oxygens (including phenoxy) is 1. The fourth-order valence-corrected chi connectivity index (χ4v) is 2.81. The summed E-state index contributed by atoms with van der Waals surface area (Å²) in [6.45, 7) is 2.80. The summed E-state index contributed by atoms with van der Waals surface area (Å²) >= 11 is 0. The van der Waals surface area contributed by atoms with Gasteiger partial charge >= 0.3 is 0 Å². The first-order valence-corrected chi connectivity index (χ1v) is 6.87. The van der Waals surface area contributed by atoms with Gasteiger partial charge in [0.2, 0.25) is 0 Å². The van der Waals surface area contributed by atoms with Gasteiger partial charge in [-0.05, 0) is 19.4 Å². The minimum absolute atomic E-state index is 0.0317. The third kappa shape index (κ3) is 2.22. The van der Waals surface area contributed by atoms with Gasteiger partial charge in [-0.1, -0.05) is 17.7 Å². The van der Waals surface area contributed by atoms with Gasteiger partial charge in [-0.15, -0.1) is 0 Å². The normalized spacial score (nSPS) is 17.0. The van der Waals surface area contributed by atoms with Gasteiger partial charge in [0, 0.05) is 12.1 Å².